The summed E-state index contributed by atoms with van der Waals surface area (Å²) in [5.41, 5.74) is -0.0191. The summed E-state index contributed by atoms with van der Waals surface area (Å²) in [6, 6.07) is 5.50. The van der Waals surface area contributed by atoms with Gasteiger partial charge in [0.25, 0.3) is 5.69 Å². The van der Waals surface area contributed by atoms with Crippen LogP contribution < -0.4 is 4.74 Å². The zero-order chi connectivity index (χ0) is 13.0. The summed E-state index contributed by atoms with van der Waals surface area (Å²) in [6.07, 6.45) is 2.23. The summed E-state index contributed by atoms with van der Waals surface area (Å²) in [6.45, 7) is 2.13. The molecule has 18 heavy (non-hydrogen) atoms. The van der Waals surface area contributed by atoms with E-state index in [2.05, 4.69) is 0 Å². The van der Waals surface area contributed by atoms with E-state index in [1.807, 2.05) is 4.90 Å². The monoisotopic (exact) mass is 250 g/mol. The first-order chi connectivity index (χ1) is 8.65. The molecule has 0 radical (unpaired) electrons. The molecule has 0 atom stereocenters. The van der Waals surface area contributed by atoms with Gasteiger partial charge in [-0.3, -0.25) is 19.8 Å². The highest BCUT2D eigenvalue weighted by molar-refractivity contribution is 5.74. The van der Waals surface area contributed by atoms with E-state index in [4.69, 9.17) is 4.74 Å². The van der Waals surface area contributed by atoms with Crippen LogP contribution >= 0.6 is 0 Å². The maximum absolute atomic E-state index is 11.6. The van der Waals surface area contributed by atoms with Crippen LogP contribution in [0.1, 0.15) is 12.8 Å². The van der Waals surface area contributed by atoms with E-state index in [0.29, 0.717) is 5.75 Å². The molecule has 1 aromatic rings. The number of ether oxygens (including phenoxy) is 1. The Bertz CT molecular complexity index is 438. The summed E-state index contributed by atoms with van der Waals surface area (Å²) in [5.74, 6) is 0.00977. The number of benzene rings is 1. The van der Waals surface area contributed by atoms with Crippen LogP contribution in [-0.4, -0.2) is 35.4 Å². The van der Waals surface area contributed by atoms with Gasteiger partial charge in [-0.2, -0.15) is 0 Å². The molecule has 0 aromatic heterocycles. The number of nitro benzene ring substituents is 1. The van der Waals surface area contributed by atoms with Crippen LogP contribution in [0, 0.1) is 10.1 Å². The second kappa shape index (κ2) is 5.59. The molecule has 1 saturated heterocycles. The van der Waals surface area contributed by atoms with Gasteiger partial charge < -0.3 is 4.74 Å². The number of carbonyl (C=O) groups excluding carboxylic acids is 1. The van der Waals surface area contributed by atoms with Gasteiger partial charge in [-0.25, -0.2) is 0 Å². The third-order valence-electron chi connectivity index (χ3n) is 2.83. The SMILES string of the molecule is O=C(CN1CCCC1)Oc1ccc([N+](=O)[O-])cc1. The lowest BCUT2D eigenvalue weighted by Gasteiger charge is -2.13. The smallest absolute Gasteiger partial charge is 0.325 e. The van der Waals surface area contributed by atoms with Gasteiger partial charge in [-0.15, -0.1) is 0 Å². The van der Waals surface area contributed by atoms with Gasteiger partial charge in [0.05, 0.1) is 11.5 Å². The molecule has 0 unspecified atom stereocenters. The molecule has 0 N–H and O–H groups in total. The molecule has 2 rings (SSSR count). The summed E-state index contributed by atoms with van der Waals surface area (Å²) in [5, 5.41) is 10.5. The highest BCUT2D eigenvalue weighted by atomic mass is 16.6. The molecular formula is C12H14N2O4. The van der Waals surface area contributed by atoms with Crippen molar-refractivity contribution >= 4 is 11.7 Å². The second-order valence-electron chi connectivity index (χ2n) is 4.21. The number of rotatable bonds is 4. The van der Waals surface area contributed by atoms with Crippen LogP contribution in [-0.2, 0) is 4.79 Å². The van der Waals surface area contributed by atoms with Crippen LogP contribution in [0.5, 0.6) is 5.75 Å². The fourth-order valence-electron chi connectivity index (χ4n) is 1.92. The Balaban J connectivity index is 1.88. The minimum atomic E-state index is -0.490. The summed E-state index contributed by atoms with van der Waals surface area (Å²) in [4.78, 5) is 23.6. The van der Waals surface area contributed by atoms with Crippen LogP contribution in [0.25, 0.3) is 0 Å². The molecule has 1 aliphatic heterocycles. The van der Waals surface area contributed by atoms with Crippen LogP contribution in [0.3, 0.4) is 0 Å². The molecule has 0 amide bonds. The fraction of sp³-hybridized carbons (Fsp3) is 0.417. The molecule has 6 nitrogen and oxygen atoms in total. The average molecular weight is 250 g/mol. The average Bonchev–Trinajstić information content (AvgIpc) is 2.82. The van der Waals surface area contributed by atoms with E-state index in [1.165, 1.54) is 24.3 Å². The molecular weight excluding hydrogens is 236 g/mol. The predicted molar refractivity (Wildman–Crippen MR) is 64.4 cm³/mol. The minimum Gasteiger partial charge on any atom is -0.426 e. The van der Waals surface area contributed by atoms with Gasteiger partial charge in [0.2, 0.25) is 0 Å². The van der Waals surface area contributed by atoms with Crippen LogP contribution in [0.4, 0.5) is 5.69 Å². The van der Waals surface area contributed by atoms with Crippen molar-refractivity contribution in [2.75, 3.05) is 19.6 Å². The highest BCUT2D eigenvalue weighted by Crippen LogP contribution is 2.17. The van der Waals surface area contributed by atoms with Crippen molar-refractivity contribution in [1.82, 2.24) is 4.90 Å². The largest absolute Gasteiger partial charge is 0.426 e. The Morgan fingerprint density at radius 3 is 2.44 bits per heavy atom. The predicted octanol–water partition coefficient (Wildman–Crippen LogP) is 1.60. The first-order valence-corrected chi connectivity index (χ1v) is 5.82. The lowest BCUT2D eigenvalue weighted by Crippen LogP contribution is -2.29. The first-order valence-electron chi connectivity index (χ1n) is 5.82. The number of non-ortho nitro benzene ring substituents is 1. The van der Waals surface area contributed by atoms with Crippen molar-refractivity contribution in [3.05, 3.63) is 34.4 Å². The van der Waals surface area contributed by atoms with Crippen molar-refractivity contribution in [3.63, 3.8) is 0 Å². The third-order valence-corrected chi connectivity index (χ3v) is 2.83. The molecule has 6 heteroatoms. The zero-order valence-corrected chi connectivity index (χ0v) is 9.87. The van der Waals surface area contributed by atoms with Gasteiger partial charge in [0.1, 0.15) is 5.75 Å². The van der Waals surface area contributed by atoms with Crippen LogP contribution in [0.2, 0.25) is 0 Å². The minimum absolute atomic E-state index is 0.0191. The Morgan fingerprint density at radius 2 is 1.89 bits per heavy atom. The highest BCUT2D eigenvalue weighted by Gasteiger charge is 2.16. The molecule has 1 aromatic carbocycles. The van der Waals surface area contributed by atoms with E-state index >= 15 is 0 Å². The molecule has 0 aliphatic carbocycles. The van der Waals surface area contributed by atoms with Gasteiger partial charge in [0.15, 0.2) is 0 Å². The fourth-order valence-corrected chi connectivity index (χ4v) is 1.92. The van der Waals surface area contributed by atoms with E-state index in [9.17, 15) is 14.9 Å². The van der Waals surface area contributed by atoms with Crippen LogP contribution in [0.15, 0.2) is 24.3 Å². The molecule has 1 fully saturated rings. The van der Waals surface area contributed by atoms with Crippen molar-refractivity contribution in [2.45, 2.75) is 12.8 Å². The molecule has 1 aliphatic rings. The van der Waals surface area contributed by atoms with Gasteiger partial charge in [-0.05, 0) is 38.1 Å². The van der Waals surface area contributed by atoms with Crippen molar-refractivity contribution < 1.29 is 14.5 Å². The third kappa shape index (κ3) is 3.27. The Kier molecular flexibility index (Phi) is 3.88. The van der Waals surface area contributed by atoms with Crippen molar-refractivity contribution in [3.8, 4) is 5.75 Å². The zero-order valence-electron chi connectivity index (χ0n) is 9.87. The quantitative estimate of drug-likeness (QED) is 0.351. The molecule has 0 spiro atoms. The molecule has 96 valence electrons. The second-order valence-corrected chi connectivity index (χ2v) is 4.21. The van der Waals surface area contributed by atoms with E-state index in [0.717, 1.165) is 25.9 Å². The van der Waals surface area contributed by atoms with Gasteiger partial charge >= 0.3 is 5.97 Å². The Hall–Kier alpha value is -1.95. The maximum Gasteiger partial charge on any atom is 0.325 e. The summed E-state index contributed by atoms with van der Waals surface area (Å²) < 4.78 is 5.11. The standard InChI is InChI=1S/C12H14N2O4/c15-12(9-13-7-1-2-8-13)18-11-5-3-10(4-6-11)14(16)17/h3-6H,1-2,7-9H2. The summed E-state index contributed by atoms with van der Waals surface area (Å²) >= 11 is 0. The lowest BCUT2D eigenvalue weighted by atomic mass is 10.3. The number of nitrogens with zero attached hydrogens (tertiary/aromatic N) is 2. The Morgan fingerprint density at radius 1 is 1.28 bits per heavy atom. The number of hydrogen-bond donors (Lipinski definition) is 0. The van der Waals surface area contributed by atoms with Gasteiger partial charge in [-0.1, -0.05) is 0 Å². The number of esters is 1. The normalized spacial score (nSPS) is 15.6. The summed E-state index contributed by atoms with van der Waals surface area (Å²) in [7, 11) is 0. The van der Waals surface area contributed by atoms with E-state index < -0.39 is 4.92 Å². The van der Waals surface area contributed by atoms with E-state index in [1.54, 1.807) is 0 Å². The lowest BCUT2D eigenvalue weighted by molar-refractivity contribution is -0.384. The number of carbonyl (C=O) groups is 1. The van der Waals surface area contributed by atoms with Gasteiger partial charge in [0, 0.05) is 12.1 Å². The van der Waals surface area contributed by atoms with Crippen molar-refractivity contribution in [1.29, 1.82) is 0 Å². The molecule has 1 heterocycles. The number of hydrogen-bond acceptors (Lipinski definition) is 5. The molecule has 0 saturated carbocycles. The first kappa shape index (κ1) is 12.5. The number of nitro groups is 1. The maximum atomic E-state index is 11.6. The topological polar surface area (TPSA) is 72.7 Å². The van der Waals surface area contributed by atoms with Crippen molar-refractivity contribution in [2.24, 2.45) is 0 Å². The van der Waals surface area contributed by atoms with E-state index in [-0.39, 0.29) is 18.2 Å². The molecule has 0 bridgehead atoms. The number of likely N-dealkylation sites (tertiary alicyclic amines) is 1. The Labute approximate surface area is 104 Å².